The Bertz CT molecular complexity index is 649. The van der Waals surface area contributed by atoms with E-state index >= 15 is 0 Å². The largest absolute Gasteiger partial charge is 0.480 e. The minimum Gasteiger partial charge on any atom is -0.480 e. The van der Waals surface area contributed by atoms with Crippen molar-refractivity contribution >= 4 is 22.8 Å². The highest BCUT2D eigenvalue weighted by Gasteiger charge is 2.34. The molecule has 2 heterocycles. The highest BCUT2D eigenvalue weighted by atomic mass is 16.4. The van der Waals surface area contributed by atoms with Gasteiger partial charge >= 0.3 is 5.97 Å². The number of nitrogens with zero attached hydrogens (tertiary/aromatic N) is 2. The Morgan fingerprint density at radius 1 is 1.42 bits per heavy atom. The molecule has 1 aromatic heterocycles. The third-order valence-electron chi connectivity index (χ3n) is 3.49. The highest BCUT2D eigenvalue weighted by molar-refractivity contribution is 5.99. The van der Waals surface area contributed by atoms with Gasteiger partial charge in [-0.1, -0.05) is 6.07 Å². The molecule has 1 aliphatic heterocycles. The number of amides is 1. The van der Waals surface area contributed by atoms with E-state index in [0.29, 0.717) is 18.5 Å². The molecule has 6 nitrogen and oxygen atoms in total. The van der Waals surface area contributed by atoms with E-state index in [4.69, 9.17) is 5.11 Å². The van der Waals surface area contributed by atoms with Crippen LogP contribution < -0.4 is 0 Å². The number of rotatable bonds is 2. The third-order valence-corrected chi connectivity index (χ3v) is 3.49. The highest BCUT2D eigenvalue weighted by Crippen LogP contribution is 2.21. The number of aromatic nitrogens is 2. The minimum absolute atomic E-state index is 0.235. The normalized spacial score (nSPS) is 18.9. The van der Waals surface area contributed by atoms with E-state index in [2.05, 4.69) is 10.2 Å². The standard InChI is InChI=1S/C13H13N3O3/c17-12(16-5-1-2-11(16)13(18)19)8-3-4-9-7-14-15-10(9)6-8/h3-4,6-7,11H,1-2,5H2,(H,14,15)(H,18,19). The Hall–Kier alpha value is -2.37. The number of hydrogen-bond donors (Lipinski definition) is 2. The van der Waals surface area contributed by atoms with Gasteiger partial charge in [-0.15, -0.1) is 0 Å². The summed E-state index contributed by atoms with van der Waals surface area (Å²) in [7, 11) is 0. The minimum atomic E-state index is -0.937. The number of benzene rings is 1. The molecule has 19 heavy (non-hydrogen) atoms. The number of carbonyl (C=O) groups is 2. The molecule has 1 aliphatic rings. The van der Waals surface area contributed by atoms with Crippen LogP contribution in [0.15, 0.2) is 24.4 Å². The predicted molar refractivity (Wildman–Crippen MR) is 67.8 cm³/mol. The molecule has 2 aromatic rings. The van der Waals surface area contributed by atoms with Crippen LogP contribution in [0, 0.1) is 0 Å². The summed E-state index contributed by atoms with van der Waals surface area (Å²) in [6.45, 7) is 0.497. The zero-order valence-electron chi connectivity index (χ0n) is 10.2. The van der Waals surface area contributed by atoms with Crippen LogP contribution in [0.5, 0.6) is 0 Å². The Labute approximate surface area is 109 Å². The molecule has 0 spiro atoms. The lowest BCUT2D eigenvalue weighted by molar-refractivity contribution is -0.141. The average Bonchev–Trinajstić information content (AvgIpc) is 3.05. The fourth-order valence-electron chi connectivity index (χ4n) is 2.50. The molecule has 3 rings (SSSR count). The Morgan fingerprint density at radius 3 is 3.05 bits per heavy atom. The molecule has 1 amide bonds. The van der Waals surface area contributed by atoms with Gasteiger partial charge in [-0.25, -0.2) is 4.79 Å². The molecule has 1 saturated heterocycles. The number of carbonyl (C=O) groups excluding carboxylic acids is 1. The number of fused-ring (bicyclic) bond motifs is 1. The van der Waals surface area contributed by atoms with Crippen LogP contribution in [0.2, 0.25) is 0 Å². The summed E-state index contributed by atoms with van der Waals surface area (Å²) in [4.78, 5) is 24.9. The number of H-pyrrole nitrogens is 1. The van der Waals surface area contributed by atoms with Crippen molar-refractivity contribution in [3.05, 3.63) is 30.0 Å². The first-order valence-corrected chi connectivity index (χ1v) is 6.14. The van der Waals surface area contributed by atoms with Crippen molar-refractivity contribution in [2.24, 2.45) is 0 Å². The summed E-state index contributed by atoms with van der Waals surface area (Å²) in [5.41, 5.74) is 1.27. The quantitative estimate of drug-likeness (QED) is 0.849. The van der Waals surface area contributed by atoms with Gasteiger partial charge < -0.3 is 10.0 Å². The van der Waals surface area contributed by atoms with Gasteiger partial charge in [0.25, 0.3) is 5.91 Å². The van der Waals surface area contributed by atoms with Crippen molar-refractivity contribution in [1.82, 2.24) is 15.1 Å². The van der Waals surface area contributed by atoms with Crippen LogP contribution in [-0.4, -0.2) is 44.7 Å². The Morgan fingerprint density at radius 2 is 2.26 bits per heavy atom. The third kappa shape index (κ3) is 1.95. The van der Waals surface area contributed by atoms with Crippen LogP contribution in [0.25, 0.3) is 10.9 Å². The SMILES string of the molecule is O=C(O)C1CCCN1C(=O)c1ccc2cn[nH]c2c1. The first kappa shape index (κ1) is 11.7. The fourth-order valence-corrected chi connectivity index (χ4v) is 2.50. The van der Waals surface area contributed by atoms with E-state index in [1.165, 1.54) is 4.90 Å². The second-order valence-corrected chi connectivity index (χ2v) is 4.67. The van der Waals surface area contributed by atoms with Gasteiger partial charge in [0.2, 0.25) is 0 Å². The summed E-state index contributed by atoms with van der Waals surface area (Å²) in [6, 6.07) is 4.52. The number of likely N-dealkylation sites (tertiary alicyclic amines) is 1. The smallest absolute Gasteiger partial charge is 0.326 e. The maximum Gasteiger partial charge on any atom is 0.326 e. The Kier molecular flexibility index (Phi) is 2.70. The second kappa shape index (κ2) is 4.38. The molecule has 0 bridgehead atoms. The summed E-state index contributed by atoms with van der Waals surface area (Å²) in [5, 5.41) is 16.7. The van der Waals surface area contributed by atoms with Gasteiger partial charge in [-0.05, 0) is 25.0 Å². The topological polar surface area (TPSA) is 86.3 Å². The summed E-state index contributed by atoms with van der Waals surface area (Å²) >= 11 is 0. The van der Waals surface area contributed by atoms with E-state index in [0.717, 1.165) is 17.3 Å². The van der Waals surface area contributed by atoms with Crippen molar-refractivity contribution in [3.63, 3.8) is 0 Å². The van der Waals surface area contributed by atoms with E-state index in [9.17, 15) is 9.59 Å². The van der Waals surface area contributed by atoms with E-state index in [-0.39, 0.29) is 5.91 Å². The van der Waals surface area contributed by atoms with E-state index < -0.39 is 12.0 Å². The number of carboxylic acid groups (broad SMARTS) is 1. The van der Waals surface area contributed by atoms with Gasteiger partial charge in [-0.3, -0.25) is 9.89 Å². The number of hydrogen-bond acceptors (Lipinski definition) is 3. The number of carboxylic acids is 1. The van der Waals surface area contributed by atoms with Gasteiger partial charge in [0.1, 0.15) is 6.04 Å². The van der Waals surface area contributed by atoms with Crippen molar-refractivity contribution < 1.29 is 14.7 Å². The van der Waals surface area contributed by atoms with Gasteiger partial charge in [0.15, 0.2) is 0 Å². The summed E-state index contributed by atoms with van der Waals surface area (Å²) in [5.74, 6) is -1.17. The fraction of sp³-hybridized carbons (Fsp3) is 0.308. The predicted octanol–water partition coefficient (Wildman–Crippen LogP) is 1.25. The molecule has 2 N–H and O–H groups in total. The summed E-state index contributed by atoms with van der Waals surface area (Å²) < 4.78 is 0. The number of nitrogens with one attached hydrogen (secondary N) is 1. The lowest BCUT2D eigenvalue weighted by atomic mass is 10.1. The van der Waals surface area contributed by atoms with Crippen LogP contribution >= 0.6 is 0 Å². The lowest BCUT2D eigenvalue weighted by Gasteiger charge is -2.21. The molecule has 1 aromatic carbocycles. The second-order valence-electron chi connectivity index (χ2n) is 4.67. The number of aromatic amines is 1. The zero-order valence-corrected chi connectivity index (χ0v) is 10.2. The van der Waals surface area contributed by atoms with Crippen molar-refractivity contribution in [1.29, 1.82) is 0 Å². The molecule has 0 radical (unpaired) electrons. The maximum absolute atomic E-state index is 12.4. The monoisotopic (exact) mass is 259 g/mol. The van der Waals surface area contributed by atoms with Crippen LogP contribution in [0.3, 0.4) is 0 Å². The summed E-state index contributed by atoms with van der Waals surface area (Å²) in [6.07, 6.45) is 2.93. The molecule has 6 heteroatoms. The first-order chi connectivity index (χ1) is 9.16. The molecule has 1 fully saturated rings. The van der Waals surface area contributed by atoms with Crippen LogP contribution in [-0.2, 0) is 4.79 Å². The average molecular weight is 259 g/mol. The van der Waals surface area contributed by atoms with Gasteiger partial charge in [0, 0.05) is 17.5 Å². The van der Waals surface area contributed by atoms with Crippen LogP contribution in [0.1, 0.15) is 23.2 Å². The van der Waals surface area contributed by atoms with E-state index in [1.807, 2.05) is 0 Å². The molecule has 0 aliphatic carbocycles. The van der Waals surface area contributed by atoms with Gasteiger partial charge in [0.05, 0.1) is 11.7 Å². The Balaban J connectivity index is 1.92. The maximum atomic E-state index is 12.4. The molecular weight excluding hydrogens is 246 g/mol. The molecule has 1 atom stereocenters. The van der Waals surface area contributed by atoms with Crippen LogP contribution in [0.4, 0.5) is 0 Å². The van der Waals surface area contributed by atoms with E-state index in [1.54, 1.807) is 24.4 Å². The van der Waals surface area contributed by atoms with Crippen molar-refractivity contribution in [2.45, 2.75) is 18.9 Å². The van der Waals surface area contributed by atoms with Gasteiger partial charge in [-0.2, -0.15) is 5.10 Å². The zero-order chi connectivity index (χ0) is 13.4. The first-order valence-electron chi connectivity index (χ1n) is 6.14. The molecule has 1 unspecified atom stereocenters. The van der Waals surface area contributed by atoms with Crippen molar-refractivity contribution in [3.8, 4) is 0 Å². The van der Waals surface area contributed by atoms with Crippen molar-refractivity contribution in [2.75, 3.05) is 6.54 Å². The molecule has 98 valence electrons. The molecule has 0 saturated carbocycles. The number of aliphatic carboxylic acids is 1. The lowest BCUT2D eigenvalue weighted by Crippen LogP contribution is -2.40. The molecular formula is C13H13N3O3.